The lowest BCUT2D eigenvalue weighted by Crippen LogP contribution is -2.44. The van der Waals surface area contributed by atoms with Crippen molar-refractivity contribution < 1.29 is 9.21 Å². The van der Waals surface area contributed by atoms with E-state index in [4.69, 9.17) is 4.42 Å². The van der Waals surface area contributed by atoms with Crippen LogP contribution >= 0.6 is 0 Å². The Morgan fingerprint density at radius 1 is 1.29 bits per heavy atom. The fraction of sp³-hybridized carbons (Fsp3) is 0.476. The Morgan fingerprint density at radius 2 is 2.04 bits per heavy atom. The summed E-state index contributed by atoms with van der Waals surface area (Å²) in [6, 6.07) is 6.16. The van der Waals surface area contributed by atoms with Gasteiger partial charge in [-0.15, -0.1) is 10.2 Å². The predicted molar refractivity (Wildman–Crippen MR) is 107 cm³/mol. The molecule has 0 radical (unpaired) electrons. The number of nitrogens with one attached hydrogen (secondary N) is 1. The number of carbonyl (C=O) groups excluding carboxylic acids is 1. The molecule has 1 aromatic carbocycles. The van der Waals surface area contributed by atoms with Gasteiger partial charge in [0.15, 0.2) is 5.76 Å². The minimum absolute atomic E-state index is 0.138. The number of benzene rings is 1. The molecule has 1 amide bonds. The van der Waals surface area contributed by atoms with Gasteiger partial charge in [0.05, 0.1) is 6.54 Å². The third-order valence-electron chi connectivity index (χ3n) is 5.59. The zero-order valence-electron chi connectivity index (χ0n) is 17.1. The van der Waals surface area contributed by atoms with Crippen LogP contribution in [-0.4, -0.2) is 45.7 Å². The van der Waals surface area contributed by atoms with Crippen LogP contribution in [0.4, 0.5) is 0 Å². The molecule has 1 fully saturated rings. The van der Waals surface area contributed by atoms with Crippen molar-refractivity contribution in [2.24, 2.45) is 7.05 Å². The van der Waals surface area contributed by atoms with Crippen LogP contribution in [0, 0.1) is 13.8 Å². The van der Waals surface area contributed by atoms with E-state index in [0.29, 0.717) is 11.7 Å². The standard InChI is InChI=1S/C21H27N5O2/c1-12-6-7-16-13(2)19(28-17(16)8-12)21(27)22-15-9-14(10-15)20-24-23-18(26(20)5)11-25(3)4/h6-8,14-15H,9-11H2,1-5H3,(H,22,27). The zero-order chi connectivity index (χ0) is 20.0. The summed E-state index contributed by atoms with van der Waals surface area (Å²) in [4.78, 5) is 14.8. The van der Waals surface area contributed by atoms with Gasteiger partial charge in [0, 0.05) is 30.0 Å². The molecular weight excluding hydrogens is 354 g/mol. The van der Waals surface area contributed by atoms with E-state index in [0.717, 1.165) is 53.1 Å². The number of aromatic nitrogens is 3. The molecule has 0 unspecified atom stereocenters. The molecule has 2 heterocycles. The first-order chi connectivity index (χ1) is 13.3. The molecule has 148 valence electrons. The SMILES string of the molecule is Cc1ccc2c(C)c(C(=O)NC3CC(c4nnc(CN(C)C)n4C)C3)oc2c1. The van der Waals surface area contributed by atoms with Crippen LogP contribution < -0.4 is 5.32 Å². The monoisotopic (exact) mass is 381 g/mol. The summed E-state index contributed by atoms with van der Waals surface area (Å²) < 4.78 is 7.92. The van der Waals surface area contributed by atoms with Crippen molar-refractivity contribution >= 4 is 16.9 Å². The van der Waals surface area contributed by atoms with Gasteiger partial charge in [-0.25, -0.2) is 0 Å². The van der Waals surface area contributed by atoms with Crippen molar-refractivity contribution in [3.8, 4) is 0 Å². The number of fused-ring (bicyclic) bond motifs is 1. The Kier molecular flexibility index (Phi) is 4.71. The van der Waals surface area contributed by atoms with E-state index in [9.17, 15) is 4.79 Å². The molecule has 1 aliphatic rings. The molecule has 3 aromatic rings. The van der Waals surface area contributed by atoms with E-state index in [-0.39, 0.29) is 11.9 Å². The number of nitrogens with zero attached hydrogens (tertiary/aromatic N) is 4. The minimum atomic E-state index is -0.138. The first-order valence-electron chi connectivity index (χ1n) is 9.67. The first kappa shape index (κ1) is 18.7. The molecule has 1 aliphatic carbocycles. The van der Waals surface area contributed by atoms with Crippen LogP contribution in [0.5, 0.6) is 0 Å². The molecule has 4 rings (SSSR count). The molecule has 28 heavy (non-hydrogen) atoms. The van der Waals surface area contributed by atoms with Crippen LogP contribution in [0.2, 0.25) is 0 Å². The maximum atomic E-state index is 12.7. The average Bonchev–Trinajstić information content (AvgIpc) is 3.11. The van der Waals surface area contributed by atoms with Gasteiger partial charge < -0.3 is 19.2 Å². The van der Waals surface area contributed by atoms with E-state index in [2.05, 4.69) is 25.0 Å². The lowest BCUT2D eigenvalue weighted by molar-refractivity contribution is 0.0880. The highest BCUT2D eigenvalue weighted by Gasteiger charge is 2.35. The van der Waals surface area contributed by atoms with Gasteiger partial charge in [0.1, 0.15) is 17.2 Å². The zero-order valence-corrected chi connectivity index (χ0v) is 17.1. The third kappa shape index (κ3) is 3.30. The Bertz CT molecular complexity index is 1030. The molecule has 0 aliphatic heterocycles. The number of hydrogen-bond acceptors (Lipinski definition) is 5. The van der Waals surface area contributed by atoms with Crippen LogP contribution in [0.15, 0.2) is 22.6 Å². The second kappa shape index (κ2) is 7.05. The highest BCUT2D eigenvalue weighted by molar-refractivity contribution is 5.99. The predicted octanol–water partition coefficient (Wildman–Crippen LogP) is 2.92. The lowest BCUT2D eigenvalue weighted by Gasteiger charge is -2.34. The van der Waals surface area contributed by atoms with Gasteiger partial charge in [-0.2, -0.15) is 0 Å². The second-order valence-corrected chi connectivity index (χ2v) is 8.17. The summed E-state index contributed by atoms with van der Waals surface area (Å²) >= 11 is 0. The van der Waals surface area contributed by atoms with Crippen molar-refractivity contribution in [2.75, 3.05) is 14.1 Å². The molecule has 0 saturated heterocycles. The number of hydrogen-bond donors (Lipinski definition) is 1. The Balaban J connectivity index is 1.40. The fourth-order valence-corrected chi connectivity index (χ4v) is 3.90. The van der Waals surface area contributed by atoms with Gasteiger partial charge in [-0.3, -0.25) is 4.79 Å². The molecule has 1 N–H and O–H groups in total. The topological polar surface area (TPSA) is 76.2 Å². The van der Waals surface area contributed by atoms with Crippen LogP contribution in [0.1, 0.15) is 52.1 Å². The summed E-state index contributed by atoms with van der Waals surface area (Å²) in [5.74, 6) is 2.56. The van der Waals surface area contributed by atoms with Crippen molar-refractivity contribution in [1.82, 2.24) is 25.0 Å². The molecule has 7 nitrogen and oxygen atoms in total. The summed E-state index contributed by atoms with van der Waals surface area (Å²) in [5, 5.41) is 12.8. The van der Waals surface area contributed by atoms with Gasteiger partial charge in [0.2, 0.25) is 0 Å². The number of aryl methyl sites for hydroxylation is 2. The van der Waals surface area contributed by atoms with E-state index in [1.165, 1.54) is 0 Å². The molecule has 0 spiro atoms. The second-order valence-electron chi connectivity index (χ2n) is 8.17. The number of furan rings is 1. The molecule has 1 saturated carbocycles. The Hall–Kier alpha value is -2.67. The Labute approximate surface area is 164 Å². The molecule has 7 heteroatoms. The van der Waals surface area contributed by atoms with Crippen LogP contribution in [0.3, 0.4) is 0 Å². The quantitative estimate of drug-likeness (QED) is 0.735. The van der Waals surface area contributed by atoms with E-state index in [1.807, 2.05) is 53.2 Å². The first-order valence-corrected chi connectivity index (χ1v) is 9.67. The summed E-state index contributed by atoms with van der Waals surface area (Å²) in [6.07, 6.45) is 1.75. The maximum absolute atomic E-state index is 12.7. The van der Waals surface area contributed by atoms with Crippen molar-refractivity contribution in [2.45, 2.75) is 45.2 Å². The van der Waals surface area contributed by atoms with E-state index >= 15 is 0 Å². The van der Waals surface area contributed by atoms with Gasteiger partial charge in [-0.1, -0.05) is 12.1 Å². The average molecular weight is 381 g/mol. The smallest absolute Gasteiger partial charge is 0.287 e. The normalized spacial score (nSPS) is 19.2. The molecule has 2 aromatic heterocycles. The van der Waals surface area contributed by atoms with Gasteiger partial charge in [0.25, 0.3) is 5.91 Å². The van der Waals surface area contributed by atoms with Crippen LogP contribution in [-0.2, 0) is 13.6 Å². The van der Waals surface area contributed by atoms with Crippen LogP contribution in [0.25, 0.3) is 11.0 Å². The summed E-state index contributed by atoms with van der Waals surface area (Å²) in [5.41, 5.74) is 2.78. The third-order valence-corrected chi connectivity index (χ3v) is 5.59. The number of amides is 1. The number of carbonyl (C=O) groups is 1. The van der Waals surface area contributed by atoms with Gasteiger partial charge >= 0.3 is 0 Å². The minimum Gasteiger partial charge on any atom is -0.451 e. The largest absolute Gasteiger partial charge is 0.451 e. The van der Waals surface area contributed by atoms with E-state index < -0.39 is 0 Å². The lowest BCUT2D eigenvalue weighted by atomic mass is 9.79. The number of rotatable bonds is 5. The van der Waals surface area contributed by atoms with E-state index in [1.54, 1.807) is 0 Å². The Morgan fingerprint density at radius 3 is 2.75 bits per heavy atom. The van der Waals surface area contributed by atoms with Crippen molar-refractivity contribution in [3.05, 3.63) is 46.7 Å². The maximum Gasteiger partial charge on any atom is 0.287 e. The molecule has 0 bridgehead atoms. The van der Waals surface area contributed by atoms with Crippen molar-refractivity contribution in [3.63, 3.8) is 0 Å². The fourth-order valence-electron chi connectivity index (χ4n) is 3.90. The molecular formula is C21H27N5O2. The summed E-state index contributed by atoms with van der Waals surface area (Å²) in [7, 11) is 6.05. The van der Waals surface area contributed by atoms with Gasteiger partial charge in [-0.05, 0) is 52.4 Å². The van der Waals surface area contributed by atoms with Crippen molar-refractivity contribution in [1.29, 1.82) is 0 Å². The highest BCUT2D eigenvalue weighted by atomic mass is 16.3. The molecule has 0 atom stereocenters. The summed E-state index contributed by atoms with van der Waals surface area (Å²) in [6.45, 7) is 4.72. The highest BCUT2D eigenvalue weighted by Crippen LogP contribution is 2.36.